The van der Waals surface area contributed by atoms with Gasteiger partial charge in [-0.05, 0) is 39.7 Å². The van der Waals surface area contributed by atoms with E-state index >= 15 is 0 Å². The van der Waals surface area contributed by atoms with Crippen molar-refractivity contribution in [1.29, 1.82) is 5.26 Å². The van der Waals surface area contributed by atoms with Crippen LogP contribution in [0.1, 0.15) is 48.0 Å². The van der Waals surface area contributed by atoms with Gasteiger partial charge >= 0.3 is 0 Å². The summed E-state index contributed by atoms with van der Waals surface area (Å²) in [7, 11) is 0. The van der Waals surface area contributed by atoms with E-state index in [1.54, 1.807) is 0 Å². The van der Waals surface area contributed by atoms with E-state index in [-0.39, 0.29) is 0 Å². The van der Waals surface area contributed by atoms with Crippen molar-refractivity contribution in [3.8, 4) is 6.07 Å². The normalized spacial score (nSPS) is 15.3. The molecule has 3 heteroatoms. The summed E-state index contributed by atoms with van der Waals surface area (Å²) < 4.78 is 0. The van der Waals surface area contributed by atoms with Crippen molar-refractivity contribution < 1.29 is 0 Å². The number of rotatable bonds is 8. The number of hydrogen-bond donors (Lipinski definition) is 1. The van der Waals surface area contributed by atoms with Crippen LogP contribution in [0.4, 0.5) is 0 Å². The Hall–Kier alpha value is -0.590. The van der Waals surface area contributed by atoms with Crippen molar-refractivity contribution in [2.75, 3.05) is 19.6 Å². The second kappa shape index (κ2) is 7.68. The van der Waals surface area contributed by atoms with E-state index in [0.29, 0.717) is 12.0 Å². The molecule has 1 N–H and O–H groups in total. The largest absolute Gasteiger partial charge is 0.303 e. The average molecular weight is 239 g/mol. The van der Waals surface area contributed by atoms with E-state index in [0.717, 1.165) is 26.1 Å². The molecule has 0 spiro atoms. The standard InChI is InChI=1S/C14H29N3/c1-7-17(10-12(2)3)9-8-14(6,11-15)16-13(4)5/h12-13,16H,7-10H2,1-6H3. The van der Waals surface area contributed by atoms with Crippen molar-refractivity contribution in [3.05, 3.63) is 0 Å². The zero-order valence-electron chi connectivity index (χ0n) is 12.4. The first kappa shape index (κ1) is 16.4. The Labute approximate surface area is 107 Å². The van der Waals surface area contributed by atoms with Crippen LogP contribution in [0.25, 0.3) is 0 Å². The lowest BCUT2D eigenvalue weighted by atomic mass is 9.98. The third-order valence-corrected chi connectivity index (χ3v) is 2.85. The van der Waals surface area contributed by atoms with Crippen LogP contribution in [0.3, 0.4) is 0 Å². The Kier molecular flexibility index (Phi) is 7.41. The summed E-state index contributed by atoms with van der Waals surface area (Å²) in [5.41, 5.74) is -0.404. The summed E-state index contributed by atoms with van der Waals surface area (Å²) in [6.45, 7) is 16.0. The van der Waals surface area contributed by atoms with Gasteiger partial charge in [0.2, 0.25) is 0 Å². The van der Waals surface area contributed by atoms with Gasteiger partial charge in [0.15, 0.2) is 0 Å². The fourth-order valence-corrected chi connectivity index (χ4v) is 2.07. The van der Waals surface area contributed by atoms with Crippen LogP contribution in [0.5, 0.6) is 0 Å². The van der Waals surface area contributed by atoms with Crippen LogP contribution in [0.15, 0.2) is 0 Å². The number of nitriles is 1. The zero-order chi connectivity index (χ0) is 13.5. The molecule has 0 amide bonds. The predicted molar refractivity (Wildman–Crippen MR) is 73.9 cm³/mol. The molecule has 100 valence electrons. The lowest BCUT2D eigenvalue weighted by molar-refractivity contribution is 0.228. The van der Waals surface area contributed by atoms with Crippen LogP contribution in [-0.4, -0.2) is 36.1 Å². The van der Waals surface area contributed by atoms with Gasteiger partial charge in [-0.3, -0.25) is 5.32 Å². The Morgan fingerprint density at radius 3 is 2.24 bits per heavy atom. The predicted octanol–water partition coefficient (Wildman–Crippen LogP) is 2.63. The molecule has 0 saturated carbocycles. The molecule has 0 aliphatic carbocycles. The highest BCUT2D eigenvalue weighted by Crippen LogP contribution is 2.11. The molecule has 0 aliphatic rings. The average Bonchev–Trinajstić information content (AvgIpc) is 2.22. The third-order valence-electron chi connectivity index (χ3n) is 2.85. The first-order chi connectivity index (χ1) is 7.83. The molecule has 0 fully saturated rings. The molecule has 0 aromatic heterocycles. The van der Waals surface area contributed by atoms with E-state index in [4.69, 9.17) is 0 Å². The SMILES string of the molecule is CCN(CCC(C)(C#N)NC(C)C)CC(C)C. The summed E-state index contributed by atoms with van der Waals surface area (Å²) >= 11 is 0. The summed E-state index contributed by atoms with van der Waals surface area (Å²) in [6.07, 6.45) is 0.877. The maximum atomic E-state index is 9.27. The molecular formula is C14H29N3. The van der Waals surface area contributed by atoms with Crippen molar-refractivity contribution in [3.63, 3.8) is 0 Å². The minimum Gasteiger partial charge on any atom is -0.303 e. The first-order valence-corrected chi connectivity index (χ1v) is 6.74. The van der Waals surface area contributed by atoms with Gasteiger partial charge < -0.3 is 4.90 Å². The lowest BCUT2D eigenvalue weighted by Crippen LogP contribution is -2.47. The molecule has 0 rings (SSSR count). The Balaban J connectivity index is 4.25. The number of nitrogens with one attached hydrogen (secondary N) is 1. The monoisotopic (exact) mass is 239 g/mol. The second-order valence-electron chi connectivity index (χ2n) is 5.78. The Morgan fingerprint density at radius 2 is 1.88 bits per heavy atom. The highest BCUT2D eigenvalue weighted by Gasteiger charge is 2.24. The van der Waals surface area contributed by atoms with Gasteiger partial charge in [0.1, 0.15) is 5.54 Å². The Morgan fingerprint density at radius 1 is 1.29 bits per heavy atom. The van der Waals surface area contributed by atoms with Crippen molar-refractivity contribution in [2.45, 2.75) is 59.5 Å². The van der Waals surface area contributed by atoms with Crippen LogP contribution >= 0.6 is 0 Å². The minimum absolute atomic E-state index is 0.347. The van der Waals surface area contributed by atoms with Crippen LogP contribution < -0.4 is 5.32 Å². The van der Waals surface area contributed by atoms with E-state index in [2.05, 4.69) is 50.9 Å². The molecule has 0 aromatic rings. The van der Waals surface area contributed by atoms with E-state index in [1.165, 1.54) is 0 Å². The quantitative estimate of drug-likeness (QED) is 0.708. The van der Waals surface area contributed by atoms with Crippen LogP contribution in [0, 0.1) is 17.2 Å². The van der Waals surface area contributed by atoms with E-state index < -0.39 is 5.54 Å². The molecule has 0 aromatic carbocycles. The van der Waals surface area contributed by atoms with Crippen molar-refractivity contribution in [2.24, 2.45) is 5.92 Å². The number of nitrogens with zero attached hydrogens (tertiary/aromatic N) is 2. The van der Waals surface area contributed by atoms with E-state index in [9.17, 15) is 5.26 Å². The molecule has 0 saturated heterocycles. The first-order valence-electron chi connectivity index (χ1n) is 6.74. The molecule has 0 bridgehead atoms. The number of hydrogen-bond acceptors (Lipinski definition) is 3. The smallest absolute Gasteiger partial charge is 0.105 e. The maximum Gasteiger partial charge on any atom is 0.105 e. The third kappa shape index (κ3) is 7.36. The van der Waals surface area contributed by atoms with Crippen LogP contribution in [-0.2, 0) is 0 Å². The maximum absolute atomic E-state index is 9.27. The fraction of sp³-hybridized carbons (Fsp3) is 0.929. The van der Waals surface area contributed by atoms with E-state index in [1.807, 2.05) is 6.92 Å². The lowest BCUT2D eigenvalue weighted by Gasteiger charge is -2.30. The van der Waals surface area contributed by atoms with Gasteiger partial charge in [-0.15, -0.1) is 0 Å². The minimum atomic E-state index is -0.404. The molecule has 1 atom stereocenters. The summed E-state index contributed by atoms with van der Waals surface area (Å²) in [6, 6.07) is 2.75. The fourth-order valence-electron chi connectivity index (χ4n) is 2.07. The van der Waals surface area contributed by atoms with Crippen molar-refractivity contribution >= 4 is 0 Å². The summed E-state index contributed by atoms with van der Waals surface area (Å²) in [5, 5.41) is 12.6. The topological polar surface area (TPSA) is 39.1 Å². The highest BCUT2D eigenvalue weighted by atomic mass is 15.1. The van der Waals surface area contributed by atoms with Gasteiger partial charge in [0.05, 0.1) is 6.07 Å². The zero-order valence-corrected chi connectivity index (χ0v) is 12.4. The summed E-state index contributed by atoms with van der Waals surface area (Å²) in [5.74, 6) is 0.682. The highest BCUT2D eigenvalue weighted by molar-refractivity contribution is 5.04. The molecule has 0 radical (unpaired) electrons. The van der Waals surface area contributed by atoms with Gasteiger partial charge in [-0.2, -0.15) is 5.26 Å². The van der Waals surface area contributed by atoms with Gasteiger partial charge in [-0.25, -0.2) is 0 Å². The van der Waals surface area contributed by atoms with Gasteiger partial charge in [-0.1, -0.05) is 20.8 Å². The van der Waals surface area contributed by atoms with Crippen LogP contribution in [0.2, 0.25) is 0 Å². The molecule has 3 nitrogen and oxygen atoms in total. The molecule has 1 unspecified atom stereocenters. The molecule has 0 aliphatic heterocycles. The Bertz CT molecular complexity index is 242. The van der Waals surface area contributed by atoms with Gasteiger partial charge in [0, 0.05) is 19.1 Å². The molecular weight excluding hydrogens is 210 g/mol. The van der Waals surface area contributed by atoms with Crippen molar-refractivity contribution in [1.82, 2.24) is 10.2 Å². The second-order valence-corrected chi connectivity index (χ2v) is 5.78. The molecule has 0 heterocycles. The summed E-state index contributed by atoms with van der Waals surface area (Å²) in [4.78, 5) is 2.42. The van der Waals surface area contributed by atoms with Gasteiger partial charge in [0.25, 0.3) is 0 Å². The molecule has 17 heavy (non-hydrogen) atoms.